The summed E-state index contributed by atoms with van der Waals surface area (Å²) in [6, 6.07) is 4.66. The van der Waals surface area contributed by atoms with Crippen molar-refractivity contribution in [2.45, 2.75) is 25.2 Å². The fourth-order valence-corrected chi connectivity index (χ4v) is 2.14. The monoisotopic (exact) mass is 226 g/mol. The fraction of sp³-hybridized carbons (Fsp3) is 0.583. The Morgan fingerprint density at radius 3 is 2.94 bits per heavy atom. The van der Waals surface area contributed by atoms with Crippen LogP contribution in [0.2, 0.25) is 0 Å². The lowest BCUT2D eigenvalue weighted by Crippen LogP contribution is -2.33. The maximum atomic E-state index is 13.9. The third-order valence-corrected chi connectivity index (χ3v) is 2.98. The molecule has 2 nitrogen and oxygen atoms in total. The topological polar surface area (TPSA) is 24.9 Å². The number of rotatable bonds is 3. The summed E-state index contributed by atoms with van der Waals surface area (Å²) >= 11 is 0. The molecule has 1 fully saturated rings. The molecule has 1 aliphatic rings. The van der Waals surface area contributed by atoms with Crippen molar-refractivity contribution in [1.29, 1.82) is 0 Å². The fourth-order valence-electron chi connectivity index (χ4n) is 2.14. The van der Waals surface area contributed by atoms with E-state index in [-0.39, 0.29) is 18.0 Å². The average Bonchev–Trinajstić information content (AvgIpc) is 2.31. The minimum absolute atomic E-state index is 0.0609. The van der Waals surface area contributed by atoms with Crippen LogP contribution in [-0.2, 0) is 5.92 Å². The first kappa shape index (κ1) is 11.5. The van der Waals surface area contributed by atoms with Gasteiger partial charge in [-0.25, -0.2) is 0 Å². The zero-order valence-electron chi connectivity index (χ0n) is 9.13. The largest absolute Gasteiger partial charge is 0.316 e. The summed E-state index contributed by atoms with van der Waals surface area (Å²) in [6.07, 6.45) is 3.19. The van der Waals surface area contributed by atoms with E-state index >= 15 is 0 Å². The van der Waals surface area contributed by atoms with Crippen molar-refractivity contribution >= 4 is 0 Å². The first-order valence-electron chi connectivity index (χ1n) is 5.68. The predicted molar refractivity (Wildman–Crippen MR) is 58.3 cm³/mol. The number of pyridine rings is 1. The summed E-state index contributed by atoms with van der Waals surface area (Å²) in [5.41, 5.74) is -0.111. The number of piperidine rings is 1. The maximum absolute atomic E-state index is 13.9. The summed E-state index contributed by atoms with van der Waals surface area (Å²) in [7, 11) is 0. The first-order chi connectivity index (χ1) is 7.68. The summed E-state index contributed by atoms with van der Waals surface area (Å²) < 4.78 is 27.7. The van der Waals surface area contributed by atoms with Crippen LogP contribution < -0.4 is 5.32 Å². The molecule has 0 aliphatic carbocycles. The van der Waals surface area contributed by atoms with Crippen LogP contribution in [0, 0.1) is 5.92 Å². The molecule has 0 radical (unpaired) electrons. The molecule has 1 aromatic rings. The standard InChI is InChI=1S/C12H16F2N2/c13-12(14,11-5-1-2-7-16-11)8-10-4-3-6-15-9-10/h1-2,5,7,10,15H,3-4,6,8-9H2. The minimum atomic E-state index is -2.80. The number of hydrogen-bond acceptors (Lipinski definition) is 2. The van der Waals surface area contributed by atoms with Gasteiger partial charge in [0, 0.05) is 12.6 Å². The smallest absolute Gasteiger partial charge is 0.290 e. The van der Waals surface area contributed by atoms with Crippen molar-refractivity contribution in [2.75, 3.05) is 13.1 Å². The van der Waals surface area contributed by atoms with Crippen molar-refractivity contribution in [3.63, 3.8) is 0 Å². The average molecular weight is 226 g/mol. The second-order valence-corrected chi connectivity index (χ2v) is 4.34. The zero-order chi connectivity index (χ0) is 11.4. The lowest BCUT2D eigenvalue weighted by molar-refractivity contribution is -0.0358. The second-order valence-electron chi connectivity index (χ2n) is 4.34. The number of aromatic nitrogens is 1. The minimum Gasteiger partial charge on any atom is -0.316 e. The Labute approximate surface area is 94.1 Å². The maximum Gasteiger partial charge on any atom is 0.290 e. The highest BCUT2D eigenvalue weighted by Crippen LogP contribution is 2.35. The van der Waals surface area contributed by atoms with E-state index in [1.807, 2.05) is 0 Å². The number of hydrogen-bond donors (Lipinski definition) is 1. The van der Waals surface area contributed by atoms with Gasteiger partial charge in [0.25, 0.3) is 5.92 Å². The molecule has 1 aliphatic heterocycles. The number of nitrogens with one attached hydrogen (secondary N) is 1. The molecular formula is C12H16F2N2. The van der Waals surface area contributed by atoms with E-state index in [1.165, 1.54) is 12.3 Å². The molecule has 1 aromatic heterocycles. The SMILES string of the molecule is FC(F)(CC1CCCNC1)c1ccccn1. The molecular weight excluding hydrogens is 210 g/mol. The third kappa shape index (κ3) is 2.76. The van der Waals surface area contributed by atoms with Crippen molar-refractivity contribution < 1.29 is 8.78 Å². The van der Waals surface area contributed by atoms with Gasteiger partial charge in [-0.05, 0) is 44.0 Å². The molecule has 0 aromatic carbocycles. The molecule has 4 heteroatoms. The van der Waals surface area contributed by atoms with Gasteiger partial charge in [-0.2, -0.15) is 8.78 Å². The number of halogens is 2. The van der Waals surface area contributed by atoms with Crippen molar-refractivity contribution in [2.24, 2.45) is 5.92 Å². The van der Waals surface area contributed by atoms with Gasteiger partial charge in [-0.3, -0.25) is 4.98 Å². The Hall–Kier alpha value is -1.03. The Balaban J connectivity index is 2.01. The molecule has 88 valence electrons. The number of alkyl halides is 2. The summed E-state index contributed by atoms with van der Waals surface area (Å²) in [5.74, 6) is -2.74. The molecule has 0 bridgehead atoms. The van der Waals surface area contributed by atoms with Gasteiger partial charge in [0.1, 0.15) is 5.69 Å². The van der Waals surface area contributed by atoms with Crippen LogP contribution in [-0.4, -0.2) is 18.1 Å². The Bertz CT molecular complexity index is 321. The van der Waals surface area contributed by atoms with Crippen LogP contribution in [0.5, 0.6) is 0 Å². The van der Waals surface area contributed by atoms with Crippen LogP contribution in [0.4, 0.5) is 8.78 Å². The third-order valence-electron chi connectivity index (χ3n) is 2.98. The Kier molecular flexibility index (Phi) is 3.49. The van der Waals surface area contributed by atoms with E-state index in [1.54, 1.807) is 12.1 Å². The molecule has 2 heterocycles. The van der Waals surface area contributed by atoms with Gasteiger partial charge in [0.05, 0.1) is 0 Å². The molecule has 1 N–H and O–H groups in total. The summed E-state index contributed by atoms with van der Waals surface area (Å²) in [6.45, 7) is 1.65. The molecule has 0 amide bonds. The molecule has 0 spiro atoms. The van der Waals surface area contributed by atoms with Gasteiger partial charge in [0.2, 0.25) is 0 Å². The predicted octanol–water partition coefficient (Wildman–Crippen LogP) is 2.56. The van der Waals surface area contributed by atoms with E-state index in [0.717, 1.165) is 19.4 Å². The molecule has 1 unspecified atom stereocenters. The van der Waals surface area contributed by atoms with Gasteiger partial charge < -0.3 is 5.32 Å². The molecule has 2 rings (SSSR count). The highest BCUT2D eigenvalue weighted by molar-refractivity contribution is 5.10. The number of nitrogens with zero attached hydrogens (tertiary/aromatic N) is 1. The zero-order valence-corrected chi connectivity index (χ0v) is 9.13. The van der Waals surface area contributed by atoms with Crippen LogP contribution in [0.3, 0.4) is 0 Å². The molecule has 1 atom stereocenters. The van der Waals surface area contributed by atoms with Crippen LogP contribution >= 0.6 is 0 Å². The second kappa shape index (κ2) is 4.87. The van der Waals surface area contributed by atoms with Gasteiger partial charge in [-0.15, -0.1) is 0 Å². The summed E-state index contributed by atoms with van der Waals surface area (Å²) in [4.78, 5) is 3.75. The highest BCUT2D eigenvalue weighted by atomic mass is 19.3. The normalized spacial score (nSPS) is 22.0. The Morgan fingerprint density at radius 1 is 1.44 bits per heavy atom. The quantitative estimate of drug-likeness (QED) is 0.856. The Morgan fingerprint density at radius 2 is 2.31 bits per heavy atom. The van der Waals surface area contributed by atoms with Crippen LogP contribution in [0.1, 0.15) is 25.0 Å². The van der Waals surface area contributed by atoms with E-state index < -0.39 is 5.92 Å². The van der Waals surface area contributed by atoms with Gasteiger partial charge in [0.15, 0.2) is 0 Å². The van der Waals surface area contributed by atoms with E-state index in [0.29, 0.717) is 6.54 Å². The van der Waals surface area contributed by atoms with Crippen molar-refractivity contribution in [3.05, 3.63) is 30.1 Å². The molecule has 16 heavy (non-hydrogen) atoms. The molecule has 0 saturated carbocycles. The lowest BCUT2D eigenvalue weighted by atomic mass is 9.92. The van der Waals surface area contributed by atoms with Crippen LogP contribution in [0.15, 0.2) is 24.4 Å². The van der Waals surface area contributed by atoms with Gasteiger partial charge >= 0.3 is 0 Å². The first-order valence-corrected chi connectivity index (χ1v) is 5.68. The van der Waals surface area contributed by atoms with E-state index in [2.05, 4.69) is 10.3 Å². The molecule has 1 saturated heterocycles. The van der Waals surface area contributed by atoms with Crippen molar-refractivity contribution in [1.82, 2.24) is 10.3 Å². The van der Waals surface area contributed by atoms with Crippen LogP contribution in [0.25, 0.3) is 0 Å². The lowest BCUT2D eigenvalue weighted by Gasteiger charge is -2.26. The summed E-state index contributed by atoms with van der Waals surface area (Å²) in [5, 5.41) is 3.16. The van der Waals surface area contributed by atoms with E-state index in [4.69, 9.17) is 0 Å². The highest BCUT2D eigenvalue weighted by Gasteiger charge is 2.36. The van der Waals surface area contributed by atoms with E-state index in [9.17, 15) is 8.78 Å². The van der Waals surface area contributed by atoms with Crippen molar-refractivity contribution in [3.8, 4) is 0 Å². The van der Waals surface area contributed by atoms with Gasteiger partial charge in [-0.1, -0.05) is 6.07 Å².